The van der Waals surface area contributed by atoms with Crippen LogP contribution in [-0.2, 0) is 16.0 Å². The summed E-state index contributed by atoms with van der Waals surface area (Å²) >= 11 is 0. The minimum atomic E-state index is -0.569. The van der Waals surface area contributed by atoms with Crippen molar-refractivity contribution in [2.75, 3.05) is 42.2 Å². The van der Waals surface area contributed by atoms with Gasteiger partial charge < -0.3 is 28.4 Å². The van der Waals surface area contributed by atoms with Gasteiger partial charge in [-0.3, -0.25) is 9.59 Å². The zero-order valence-electron chi connectivity index (χ0n) is 17.1. The van der Waals surface area contributed by atoms with Crippen molar-refractivity contribution < 1.29 is 38.0 Å². The molecule has 8 heteroatoms. The molecule has 0 bridgehead atoms. The molecule has 2 rings (SSSR count). The zero-order chi connectivity index (χ0) is 21.4. The molecule has 0 atom stereocenters. The molecule has 0 saturated carbocycles. The summed E-state index contributed by atoms with van der Waals surface area (Å²) in [6, 6.07) is 8.08. The summed E-state index contributed by atoms with van der Waals surface area (Å²) < 4.78 is 31.2. The number of carbonyl (C=O) groups excluding carboxylic acids is 2. The van der Waals surface area contributed by atoms with Crippen LogP contribution in [0.4, 0.5) is 0 Å². The van der Waals surface area contributed by atoms with Crippen molar-refractivity contribution in [1.29, 1.82) is 0 Å². The smallest absolute Gasteiger partial charge is 0.310 e. The number of carbonyl (C=O) groups is 2. The summed E-state index contributed by atoms with van der Waals surface area (Å²) in [6.45, 7) is -0.411. The molecule has 0 aromatic heterocycles. The SMILES string of the molecule is COc1ccc(C(=O)COC(=O)Cc2cc(OC)c(OC)c(OC)c2)c(OC)c1. The first-order valence-electron chi connectivity index (χ1n) is 8.67. The summed E-state index contributed by atoms with van der Waals surface area (Å²) in [5.41, 5.74) is 0.896. The van der Waals surface area contributed by atoms with E-state index < -0.39 is 12.6 Å². The lowest BCUT2D eigenvalue weighted by Gasteiger charge is -2.14. The van der Waals surface area contributed by atoms with Crippen LogP contribution in [0.1, 0.15) is 15.9 Å². The third kappa shape index (κ3) is 5.31. The minimum absolute atomic E-state index is 0.0657. The predicted octanol–water partition coefficient (Wildman–Crippen LogP) is 2.70. The molecular weight excluding hydrogens is 380 g/mol. The van der Waals surface area contributed by atoms with E-state index >= 15 is 0 Å². The van der Waals surface area contributed by atoms with E-state index in [4.69, 9.17) is 28.4 Å². The zero-order valence-corrected chi connectivity index (χ0v) is 17.1. The number of benzene rings is 2. The summed E-state index contributed by atoms with van der Waals surface area (Å²) in [5, 5.41) is 0. The van der Waals surface area contributed by atoms with Gasteiger partial charge in [0.05, 0.1) is 47.5 Å². The van der Waals surface area contributed by atoms with Gasteiger partial charge in [0, 0.05) is 6.07 Å². The van der Waals surface area contributed by atoms with Crippen LogP contribution in [-0.4, -0.2) is 53.9 Å². The molecular formula is C21H24O8. The quantitative estimate of drug-likeness (QED) is 0.441. The number of hydrogen-bond donors (Lipinski definition) is 0. The van der Waals surface area contributed by atoms with Crippen LogP contribution in [0.15, 0.2) is 30.3 Å². The second kappa shape index (κ2) is 10.2. The largest absolute Gasteiger partial charge is 0.497 e. The monoisotopic (exact) mass is 404 g/mol. The Hall–Kier alpha value is -3.42. The molecule has 0 spiro atoms. The Morgan fingerprint density at radius 2 is 1.38 bits per heavy atom. The van der Waals surface area contributed by atoms with E-state index in [2.05, 4.69) is 0 Å². The Morgan fingerprint density at radius 1 is 0.759 bits per heavy atom. The van der Waals surface area contributed by atoms with Crippen molar-refractivity contribution in [2.45, 2.75) is 6.42 Å². The number of rotatable bonds is 10. The molecule has 0 aliphatic rings. The lowest BCUT2D eigenvalue weighted by atomic mass is 10.1. The van der Waals surface area contributed by atoms with E-state index in [-0.39, 0.29) is 12.2 Å². The Morgan fingerprint density at radius 3 is 1.90 bits per heavy atom. The molecule has 0 fully saturated rings. The molecule has 2 aromatic rings. The summed E-state index contributed by atoms with van der Waals surface area (Å²) in [4.78, 5) is 24.6. The maximum absolute atomic E-state index is 12.4. The van der Waals surface area contributed by atoms with Crippen LogP contribution in [0.5, 0.6) is 28.7 Å². The van der Waals surface area contributed by atoms with Gasteiger partial charge in [0.15, 0.2) is 18.1 Å². The van der Waals surface area contributed by atoms with Gasteiger partial charge >= 0.3 is 5.97 Å². The number of ketones is 1. The lowest BCUT2D eigenvalue weighted by molar-refractivity contribution is -0.141. The molecule has 29 heavy (non-hydrogen) atoms. The fourth-order valence-corrected chi connectivity index (χ4v) is 2.71. The topological polar surface area (TPSA) is 89.5 Å². The number of methoxy groups -OCH3 is 5. The molecule has 8 nitrogen and oxygen atoms in total. The number of ether oxygens (including phenoxy) is 6. The van der Waals surface area contributed by atoms with Crippen LogP contribution >= 0.6 is 0 Å². The van der Waals surface area contributed by atoms with Crippen LogP contribution in [0.2, 0.25) is 0 Å². The van der Waals surface area contributed by atoms with E-state index in [9.17, 15) is 9.59 Å². The van der Waals surface area contributed by atoms with Crippen LogP contribution in [0, 0.1) is 0 Å². The molecule has 0 unspecified atom stereocenters. The number of esters is 1. The highest BCUT2D eigenvalue weighted by Gasteiger charge is 2.18. The fourth-order valence-electron chi connectivity index (χ4n) is 2.71. The summed E-state index contributed by atoms with van der Waals surface area (Å²) in [5.74, 6) is 1.21. The van der Waals surface area contributed by atoms with Gasteiger partial charge in [0.25, 0.3) is 0 Å². The second-order valence-electron chi connectivity index (χ2n) is 5.86. The normalized spacial score (nSPS) is 10.1. The molecule has 0 N–H and O–H groups in total. The Balaban J connectivity index is 2.06. The van der Waals surface area contributed by atoms with Crippen molar-refractivity contribution in [3.8, 4) is 28.7 Å². The highest BCUT2D eigenvalue weighted by atomic mass is 16.5. The second-order valence-corrected chi connectivity index (χ2v) is 5.86. The van der Waals surface area contributed by atoms with Gasteiger partial charge in [0.2, 0.25) is 11.5 Å². The van der Waals surface area contributed by atoms with E-state index in [0.29, 0.717) is 39.9 Å². The van der Waals surface area contributed by atoms with Gasteiger partial charge in [0.1, 0.15) is 11.5 Å². The first-order valence-corrected chi connectivity index (χ1v) is 8.67. The number of Topliss-reactive ketones (excluding diaryl/α,β-unsaturated/α-hetero) is 1. The average Bonchev–Trinajstić information content (AvgIpc) is 2.75. The molecule has 2 aromatic carbocycles. The van der Waals surface area contributed by atoms with Gasteiger partial charge in [-0.05, 0) is 29.8 Å². The number of hydrogen-bond acceptors (Lipinski definition) is 8. The molecule has 0 radical (unpaired) electrons. The standard InChI is InChI=1S/C21H24O8/c1-24-14-6-7-15(17(11-14)25-2)16(22)12-29-20(23)10-13-8-18(26-3)21(28-5)19(9-13)27-4/h6-9,11H,10,12H2,1-5H3. The summed E-state index contributed by atoms with van der Waals surface area (Å²) in [6.07, 6.45) is -0.0657. The Bertz CT molecular complexity index is 850. The van der Waals surface area contributed by atoms with E-state index in [1.807, 2.05) is 0 Å². The first-order chi connectivity index (χ1) is 14.0. The maximum Gasteiger partial charge on any atom is 0.310 e. The third-order valence-corrected chi connectivity index (χ3v) is 4.15. The minimum Gasteiger partial charge on any atom is -0.497 e. The van der Waals surface area contributed by atoms with Crippen molar-refractivity contribution >= 4 is 11.8 Å². The highest BCUT2D eigenvalue weighted by Crippen LogP contribution is 2.38. The fraction of sp³-hybridized carbons (Fsp3) is 0.333. The van der Waals surface area contributed by atoms with E-state index in [1.54, 1.807) is 30.3 Å². The Labute approximate surface area is 169 Å². The van der Waals surface area contributed by atoms with Gasteiger partial charge in [-0.1, -0.05) is 0 Å². The van der Waals surface area contributed by atoms with Gasteiger partial charge in [-0.2, -0.15) is 0 Å². The molecule has 0 saturated heterocycles. The highest BCUT2D eigenvalue weighted by molar-refractivity contribution is 6.00. The predicted molar refractivity (Wildman–Crippen MR) is 105 cm³/mol. The van der Waals surface area contributed by atoms with Crippen LogP contribution in [0.3, 0.4) is 0 Å². The first kappa shape index (κ1) is 21.9. The van der Waals surface area contributed by atoms with Crippen molar-refractivity contribution in [3.63, 3.8) is 0 Å². The van der Waals surface area contributed by atoms with E-state index in [0.717, 1.165) is 0 Å². The van der Waals surface area contributed by atoms with Crippen LogP contribution in [0.25, 0.3) is 0 Å². The van der Waals surface area contributed by atoms with E-state index in [1.165, 1.54) is 35.5 Å². The van der Waals surface area contributed by atoms with Crippen molar-refractivity contribution in [3.05, 3.63) is 41.5 Å². The Kier molecular flexibility index (Phi) is 7.70. The van der Waals surface area contributed by atoms with Gasteiger partial charge in [-0.15, -0.1) is 0 Å². The van der Waals surface area contributed by atoms with Gasteiger partial charge in [-0.25, -0.2) is 0 Å². The van der Waals surface area contributed by atoms with Crippen molar-refractivity contribution in [2.24, 2.45) is 0 Å². The molecule has 0 aliphatic carbocycles. The molecule has 156 valence electrons. The maximum atomic E-state index is 12.4. The molecule has 0 aliphatic heterocycles. The summed E-state index contributed by atoms with van der Waals surface area (Å²) in [7, 11) is 7.43. The molecule has 0 heterocycles. The average molecular weight is 404 g/mol. The van der Waals surface area contributed by atoms with Crippen molar-refractivity contribution in [1.82, 2.24) is 0 Å². The van der Waals surface area contributed by atoms with Crippen LogP contribution < -0.4 is 23.7 Å². The third-order valence-electron chi connectivity index (χ3n) is 4.15. The lowest BCUT2D eigenvalue weighted by Crippen LogP contribution is -2.16. The molecule has 0 amide bonds.